The van der Waals surface area contributed by atoms with Gasteiger partial charge in [-0.1, -0.05) is 13.3 Å². The second-order valence-corrected chi connectivity index (χ2v) is 6.99. The number of nitrogens with two attached hydrogens (primary N) is 1. The Morgan fingerprint density at radius 3 is 2.24 bits per heavy atom. The maximum atomic E-state index is 12.4. The molecular weight excluding hydrogens is 398 g/mol. The molecule has 2 N–H and O–H groups in total. The smallest absolute Gasteiger partial charge is 0.348 e. The predicted octanol–water partition coefficient (Wildman–Crippen LogP) is 3.44. The lowest BCUT2D eigenvalue weighted by atomic mass is 10.1. The molecule has 29 heavy (non-hydrogen) atoms. The van der Waals surface area contributed by atoms with E-state index in [0.717, 1.165) is 24.2 Å². The molecule has 1 aromatic heterocycles. The number of carbonyl (C=O) groups excluding carboxylic acids is 3. The highest BCUT2D eigenvalue weighted by Gasteiger charge is 2.28. The van der Waals surface area contributed by atoms with Gasteiger partial charge >= 0.3 is 17.9 Å². The van der Waals surface area contributed by atoms with Gasteiger partial charge < -0.3 is 24.7 Å². The van der Waals surface area contributed by atoms with Gasteiger partial charge in [-0.05, 0) is 30.7 Å². The lowest BCUT2D eigenvalue weighted by Crippen LogP contribution is -2.12. The molecule has 0 spiro atoms. The lowest BCUT2D eigenvalue weighted by Gasteiger charge is -2.09. The van der Waals surface area contributed by atoms with Crippen LogP contribution in [0.15, 0.2) is 24.3 Å². The first-order valence-electron chi connectivity index (χ1n) is 8.90. The van der Waals surface area contributed by atoms with Gasteiger partial charge in [0.1, 0.15) is 27.8 Å². The molecule has 156 valence electrons. The number of nitrogen functional groups attached to an aromatic ring is 1. The van der Waals surface area contributed by atoms with Crippen molar-refractivity contribution >= 4 is 34.2 Å². The van der Waals surface area contributed by atoms with Gasteiger partial charge in [-0.3, -0.25) is 0 Å². The number of methoxy groups -OCH3 is 2. The number of hydrogen-bond acceptors (Lipinski definition) is 9. The van der Waals surface area contributed by atoms with Crippen molar-refractivity contribution in [2.45, 2.75) is 26.4 Å². The van der Waals surface area contributed by atoms with Crippen LogP contribution in [0.3, 0.4) is 0 Å². The summed E-state index contributed by atoms with van der Waals surface area (Å²) in [4.78, 5) is 36.5. The minimum atomic E-state index is -0.728. The van der Waals surface area contributed by atoms with Crippen molar-refractivity contribution in [3.8, 4) is 5.75 Å². The molecule has 1 aromatic carbocycles. The molecule has 9 heteroatoms. The second kappa shape index (κ2) is 10.5. The lowest BCUT2D eigenvalue weighted by molar-refractivity contribution is 0.0452. The summed E-state index contributed by atoms with van der Waals surface area (Å²) >= 11 is 0.871. The van der Waals surface area contributed by atoms with Crippen molar-refractivity contribution in [1.29, 1.82) is 0 Å². The Morgan fingerprint density at radius 1 is 1.00 bits per heavy atom. The molecule has 1 heterocycles. The van der Waals surface area contributed by atoms with Crippen LogP contribution in [0.5, 0.6) is 5.75 Å². The van der Waals surface area contributed by atoms with E-state index in [9.17, 15) is 14.4 Å². The average Bonchev–Trinajstić information content (AvgIpc) is 3.07. The SMILES string of the molecule is CCCCOc1ccc(C(=O)OCc2c(C(=O)OC)sc(N)c2C(=O)OC)cc1. The molecule has 0 amide bonds. The van der Waals surface area contributed by atoms with E-state index in [2.05, 4.69) is 6.92 Å². The van der Waals surface area contributed by atoms with Crippen LogP contribution in [-0.2, 0) is 20.8 Å². The third-order valence-corrected chi connectivity index (χ3v) is 5.04. The van der Waals surface area contributed by atoms with E-state index in [1.54, 1.807) is 24.3 Å². The van der Waals surface area contributed by atoms with Crippen LogP contribution in [-0.4, -0.2) is 38.7 Å². The first-order chi connectivity index (χ1) is 13.9. The summed E-state index contributed by atoms with van der Waals surface area (Å²) in [5, 5.41) is 0.0804. The maximum absolute atomic E-state index is 12.4. The molecule has 2 aromatic rings. The van der Waals surface area contributed by atoms with Crippen molar-refractivity contribution < 1.29 is 33.3 Å². The van der Waals surface area contributed by atoms with Gasteiger partial charge in [-0.15, -0.1) is 11.3 Å². The molecule has 0 saturated carbocycles. The molecule has 0 saturated heterocycles. The molecule has 0 aliphatic heterocycles. The molecule has 2 rings (SSSR count). The van der Waals surface area contributed by atoms with E-state index in [4.69, 9.17) is 24.7 Å². The molecule has 0 atom stereocenters. The minimum absolute atomic E-state index is 0.00891. The van der Waals surface area contributed by atoms with Crippen LogP contribution < -0.4 is 10.5 Å². The summed E-state index contributed by atoms with van der Waals surface area (Å²) in [7, 11) is 2.40. The monoisotopic (exact) mass is 421 g/mol. The Bertz CT molecular complexity index is 874. The van der Waals surface area contributed by atoms with Gasteiger partial charge in [0.05, 0.1) is 26.4 Å². The molecule has 0 fully saturated rings. The normalized spacial score (nSPS) is 10.3. The molecule has 0 radical (unpaired) electrons. The largest absolute Gasteiger partial charge is 0.494 e. The summed E-state index contributed by atoms with van der Waals surface area (Å²) in [5.74, 6) is -1.38. The van der Waals surface area contributed by atoms with E-state index >= 15 is 0 Å². The third-order valence-electron chi connectivity index (χ3n) is 4.00. The molecule has 0 aliphatic rings. The zero-order valence-corrected chi connectivity index (χ0v) is 17.3. The Morgan fingerprint density at radius 2 is 1.66 bits per heavy atom. The van der Waals surface area contributed by atoms with E-state index in [1.807, 2.05) is 0 Å². The average molecular weight is 421 g/mol. The fourth-order valence-electron chi connectivity index (χ4n) is 2.45. The van der Waals surface area contributed by atoms with Crippen LogP contribution in [0.25, 0.3) is 0 Å². The highest BCUT2D eigenvalue weighted by molar-refractivity contribution is 7.18. The van der Waals surface area contributed by atoms with Gasteiger partial charge in [0.2, 0.25) is 0 Å². The Hall–Kier alpha value is -3.07. The number of thiophene rings is 1. The fraction of sp³-hybridized carbons (Fsp3) is 0.350. The minimum Gasteiger partial charge on any atom is -0.494 e. The topological polar surface area (TPSA) is 114 Å². The van der Waals surface area contributed by atoms with Crippen molar-refractivity contribution in [2.24, 2.45) is 0 Å². The third kappa shape index (κ3) is 5.47. The van der Waals surface area contributed by atoms with Crippen LogP contribution in [0.4, 0.5) is 5.00 Å². The standard InChI is InChI=1S/C20H23NO7S/c1-4-5-10-27-13-8-6-12(7-9-13)18(22)28-11-14-15(19(23)25-2)17(21)29-16(14)20(24)26-3/h6-9H,4-5,10-11,21H2,1-3H3. The zero-order valence-electron chi connectivity index (χ0n) is 16.5. The summed E-state index contributed by atoms with van der Waals surface area (Å²) in [6.45, 7) is 2.34. The molecule has 0 unspecified atom stereocenters. The molecule has 0 aliphatic carbocycles. The number of esters is 3. The highest BCUT2D eigenvalue weighted by atomic mass is 32.1. The number of carbonyl (C=O) groups is 3. The Labute approximate surface area is 172 Å². The van der Waals surface area contributed by atoms with Crippen molar-refractivity contribution in [1.82, 2.24) is 0 Å². The van der Waals surface area contributed by atoms with Crippen LogP contribution in [0.2, 0.25) is 0 Å². The highest BCUT2D eigenvalue weighted by Crippen LogP contribution is 2.33. The second-order valence-electron chi connectivity index (χ2n) is 5.93. The van der Waals surface area contributed by atoms with Gasteiger partial charge in [0.15, 0.2) is 0 Å². The van der Waals surface area contributed by atoms with E-state index in [-0.39, 0.29) is 27.6 Å². The van der Waals surface area contributed by atoms with Crippen LogP contribution in [0.1, 0.15) is 55.7 Å². The summed E-state index contributed by atoms with van der Waals surface area (Å²) in [6.07, 6.45) is 1.97. The van der Waals surface area contributed by atoms with Crippen LogP contribution >= 0.6 is 11.3 Å². The predicted molar refractivity (Wildman–Crippen MR) is 107 cm³/mol. The number of benzene rings is 1. The van der Waals surface area contributed by atoms with E-state index in [0.29, 0.717) is 17.9 Å². The first-order valence-corrected chi connectivity index (χ1v) is 9.72. The van der Waals surface area contributed by atoms with Crippen LogP contribution in [0, 0.1) is 0 Å². The van der Waals surface area contributed by atoms with Crippen molar-refractivity contribution in [3.05, 3.63) is 45.8 Å². The number of rotatable bonds is 9. The van der Waals surface area contributed by atoms with Gasteiger partial charge in [-0.2, -0.15) is 0 Å². The number of anilines is 1. The number of unbranched alkanes of at least 4 members (excludes halogenated alkanes) is 1. The van der Waals surface area contributed by atoms with Gasteiger partial charge in [-0.25, -0.2) is 14.4 Å². The zero-order chi connectivity index (χ0) is 21.4. The van der Waals surface area contributed by atoms with E-state index < -0.39 is 17.9 Å². The summed E-state index contributed by atoms with van der Waals surface area (Å²) < 4.78 is 20.3. The van der Waals surface area contributed by atoms with Crippen molar-refractivity contribution in [2.75, 3.05) is 26.6 Å². The molecule has 0 bridgehead atoms. The molecular formula is C20H23NO7S. The maximum Gasteiger partial charge on any atom is 0.348 e. The van der Waals surface area contributed by atoms with E-state index in [1.165, 1.54) is 14.2 Å². The van der Waals surface area contributed by atoms with Gasteiger partial charge in [0, 0.05) is 5.56 Å². The quantitative estimate of drug-likeness (QED) is 0.372. The Balaban J connectivity index is 2.15. The Kier molecular flexibility index (Phi) is 8.02. The fourth-order valence-corrected chi connectivity index (χ4v) is 3.43. The summed E-state index contributed by atoms with van der Waals surface area (Å²) in [5.41, 5.74) is 6.29. The van der Waals surface area contributed by atoms with Crippen molar-refractivity contribution in [3.63, 3.8) is 0 Å². The number of hydrogen-bond donors (Lipinski definition) is 1. The molecule has 8 nitrogen and oxygen atoms in total. The summed E-state index contributed by atoms with van der Waals surface area (Å²) in [6, 6.07) is 6.51. The van der Waals surface area contributed by atoms with Gasteiger partial charge in [0.25, 0.3) is 0 Å². The first kappa shape index (κ1) is 22.2. The number of ether oxygens (including phenoxy) is 4.